The Hall–Kier alpha value is -1.49. The first-order valence-corrected chi connectivity index (χ1v) is 9.69. The van der Waals surface area contributed by atoms with Gasteiger partial charge < -0.3 is 11.1 Å². The third-order valence-electron chi connectivity index (χ3n) is 5.98. The predicted octanol–water partition coefficient (Wildman–Crippen LogP) is 3.77. The third kappa shape index (κ3) is 3.61. The molecule has 5 heteroatoms. The maximum Gasteiger partial charge on any atom is 0.221 e. The van der Waals surface area contributed by atoms with Crippen LogP contribution in [-0.2, 0) is 9.59 Å². The highest BCUT2D eigenvalue weighted by Gasteiger charge is 2.58. The van der Waals surface area contributed by atoms with Crippen LogP contribution in [0, 0.1) is 29.1 Å². The highest BCUT2D eigenvalue weighted by atomic mass is 32.2. The summed E-state index contributed by atoms with van der Waals surface area (Å²) in [6, 6.07) is 7.69. The van der Waals surface area contributed by atoms with Gasteiger partial charge in [-0.3, -0.25) is 9.59 Å². The molecule has 2 amide bonds. The molecule has 0 saturated heterocycles. The summed E-state index contributed by atoms with van der Waals surface area (Å²) in [5, 5.41) is 2.57. The first-order valence-electron chi connectivity index (χ1n) is 8.46. The molecule has 2 bridgehead atoms. The molecule has 4 atom stereocenters. The van der Waals surface area contributed by atoms with E-state index in [4.69, 9.17) is 5.73 Å². The molecule has 2 saturated carbocycles. The van der Waals surface area contributed by atoms with Gasteiger partial charge in [0, 0.05) is 16.5 Å². The minimum atomic E-state index is -0.0761. The molecular weight excluding hydrogens is 320 g/mol. The van der Waals surface area contributed by atoms with Gasteiger partial charge in [-0.25, -0.2) is 0 Å². The van der Waals surface area contributed by atoms with Crippen molar-refractivity contribution in [3.05, 3.63) is 24.3 Å². The molecule has 24 heavy (non-hydrogen) atoms. The zero-order chi connectivity index (χ0) is 17.9. The van der Waals surface area contributed by atoms with E-state index in [0.29, 0.717) is 23.7 Å². The molecule has 2 aliphatic rings. The number of primary amides is 1. The molecule has 4 unspecified atom stereocenters. The number of fused-ring (bicyclic) bond motifs is 2. The molecule has 3 N–H and O–H groups in total. The van der Waals surface area contributed by atoms with Gasteiger partial charge in [0.05, 0.1) is 0 Å². The quantitative estimate of drug-likeness (QED) is 0.643. The molecule has 132 valence electrons. The van der Waals surface area contributed by atoms with Crippen molar-refractivity contribution in [2.24, 2.45) is 34.8 Å². The number of nitrogens with one attached hydrogen (secondary N) is 1. The lowest BCUT2D eigenvalue weighted by atomic mass is 9.80. The molecule has 3 rings (SSSR count). The van der Waals surface area contributed by atoms with E-state index in [1.807, 2.05) is 30.5 Å². The van der Waals surface area contributed by atoms with E-state index in [1.165, 1.54) is 17.7 Å². The molecule has 2 aliphatic carbocycles. The van der Waals surface area contributed by atoms with Gasteiger partial charge in [0.25, 0.3) is 0 Å². The van der Waals surface area contributed by atoms with Gasteiger partial charge in [-0.2, -0.15) is 0 Å². The van der Waals surface area contributed by atoms with Gasteiger partial charge in [-0.15, -0.1) is 11.8 Å². The van der Waals surface area contributed by atoms with Crippen molar-refractivity contribution in [2.75, 3.05) is 11.6 Å². The Morgan fingerprint density at radius 3 is 2.21 bits per heavy atom. The number of thioether (sulfide) groups is 1. The van der Waals surface area contributed by atoms with Gasteiger partial charge in [0.1, 0.15) is 0 Å². The van der Waals surface area contributed by atoms with Gasteiger partial charge in [0.2, 0.25) is 12.3 Å². The van der Waals surface area contributed by atoms with Crippen molar-refractivity contribution in [1.29, 1.82) is 0 Å². The zero-order valence-corrected chi connectivity index (χ0v) is 15.7. The first-order chi connectivity index (χ1) is 11.3. The molecule has 0 aromatic heterocycles. The maximum atomic E-state index is 11.3. The summed E-state index contributed by atoms with van der Waals surface area (Å²) in [4.78, 5) is 22.5. The zero-order valence-electron chi connectivity index (χ0n) is 14.9. The highest BCUT2D eigenvalue weighted by molar-refractivity contribution is 7.98. The van der Waals surface area contributed by atoms with Crippen molar-refractivity contribution in [3.63, 3.8) is 0 Å². The standard InChI is InChI=1S/C11H19NO.C8H9NOS/c1-6-7-4-5-8(11(7,2)3)9(6)10(12)13;1-11-8-4-2-7(3-5-8)9-6-10/h6-9H,4-5H2,1-3H3,(H2,12,13);2-6H,1H3,(H,9,10). The summed E-state index contributed by atoms with van der Waals surface area (Å²) >= 11 is 1.68. The van der Waals surface area contributed by atoms with E-state index in [-0.39, 0.29) is 11.8 Å². The number of anilines is 1. The van der Waals surface area contributed by atoms with Crippen molar-refractivity contribution in [3.8, 4) is 0 Å². The average molecular weight is 349 g/mol. The molecule has 0 radical (unpaired) electrons. The van der Waals surface area contributed by atoms with E-state index >= 15 is 0 Å². The second-order valence-corrected chi connectivity index (χ2v) is 8.27. The third-order valence-corrected chi connectivity index (χ3v) is 6.72. The summed E-state index contributed by atoms with van der Waals surface area (Å²) in [6.07, 6.45) is 5.19. The SMILES string of the molecule is CC1C(C(N)=O)C2CCC1C2(C)C.CSc1ccc(NC=O)cc1. The van der Waals surface area contributed by atoms with Crippen LogP contribution in [-0.4, -0.2) is 18.6 Å². The van der Waals surface area contributed by atoms with Gasteiger partial charge >= 0.3 is 0 Å². The Morgan fingerprint density at radius 1 is 1.25 bits per heavy atom. The van der Waals surface area contributed by atoms with Gasteiger partial charge in [0.15, 0.2) is 0 Å². The van der Waals surface area contributed by atoms with E-state index in [1.54, 1.807) is 11.8 Å². The van der Waals surface area contributed by atoms with Crippen LogP contribution < -0.4 is 11.1 Å². The van der Waals surface area contributed by atoms with Crippen LogP contribution in [0.25, 0.3) is 0 Å². The Balaban J connectivity index is 0.000000177. The topological polar surface area (TPSA) is 72.2 Å². The fourth-order valence-corrected chi connectivity index (χ4v) is 5.20. The fraction of sp³-hybridized carbons (Fsp3) is 0.579. The van der Waals surface area contributed by atoms with Crippen LogP contribution in [0.4, 0.5) is 5.69 Å². The molecule has 1 aromatic carbocycles. The van der Waals surface area contributed by atoms with E-state index in [2.05, 4.69) is 26.1 Å². The minimum Gasteiger partial charge on any atom is -0.369 e. The number of amides is 2. The molecule has 0 heterocycles. The number of rotatable bonds is 4. The summed E-state index contributed by atoms with van der Waals surface area (Å²) in [6.45, 7) is 6.80. The normalized spacial score (nSPS) is 29.5. The van der Waals surface area contributed by atoms with Crippen LogP contribution >= 0.6 is 11.8 Å². The van der Waals surface area contributed by atoms with Crippen LogP contribution in [0.1, 0.15) is 33.6 Å². The largest absolute Gasteiger partial charge is 0.369 e. The first kappa shape index (κ1) is 18.8. The van der Waals surface area contributed by atoms with E-state index < -0.39 is 0 Å². The van der Waals surface area contributed by atoms with Crippen molar-refractivity contribution in [1.82, 2.24) is 0 Å². The lowest BCUT2D eigenvalue weighted by Gasteiger charge is -2.25. The highest BCUT2D eigenvalue weighted by Crippen LogP contribution is 2.62. The number of hydrogen-bond acceptors (Lipinski definition) is 3. The summed E-state index contributed by atoms with van der Waals surface area (Å²) < 4.78 is 0. The number of nitrogens with two attached hydrogens (primary N) is 1. The van der Waals surface area contributed by atoms with Gasteiger partial charge in [-0.05, 0) is 66.5 Å². The van der Waals surface area contributed by atoms with Crippen LogP contribution in [0.2, 0.25) is 0 Å². The number of carbonyl (C=O) groups is 2. The Bertz CT molecular complexity index is 586. The van der Waals surface area contributed by atoms with Crippen molar-refractivity contribution < 1.29 is 9.59 Å². The second-order valence-electron chi connectivity index (χ2n) is 7.39. The lowest BCUT2D eigenvalue weighted by Crippen LogP contribution is -2.33. The van der Waals surface area contributed by atoms with Crippen LogP contribution in [0.3, 0.4) is 0 Å². The van der Waals surface area contributed by atoms with E-state index in [9.17, 15) is 9.59 Å². The summed E-state index contributed by atoms with van der Waals surface area (Å²) in [5.41, 5.74) is 6.63. The summed E-state index contributed by atoms with van der Waals surface area (Å²) in [5.74, 6) is 1.84. The summed E-state index contributed by atoms with van der Waals surface area (Å²) in [7, 11) is 0. The Kier molecular flexibility index (Phi) is 5.97. The number of carbonyl (C=O) groups excluding carboxylic acids is 2. The molecule has 1 aromatic rings. The average Bonchev–Trinajstić information content (AvgIpc) is 2.94. The smallest absolute Gasteiger partial charge is 0.221 e. The number of benzene rings is 1. The van der Waals surface area contributed by atoms with Crippen LogP contribution in [0.5, 0.6) is 0 Å². The molecule has 4 nitrogen and oxygen atoms in total. The second kappa shape index (κ2) is 7.60. The number of hydrogen-bond donors (Lipinski definition) is 2. The Labute approximate surface area is 149 Å². The minimum absolute atomic E-state index is 0.0761. The van der Waals surface area contributed by atoms with Crippen LogP contribution in [0.15, 0.2) is 29.2 Å². The van der Waals surface area contributed by atoms with E-state index in [0.717, 1.165) is 11.6 Å². The molecule has 2 fully saturated rings. The monoisotopic (exact) mass is 348 g/mol. The van der Waals surface area contributed by atoms with Crippen molar-refractivity contribution >= 4 is 29.8 Å². The Morgan fingerprint density at radius 2 is 1.83 bits per heavy atom. The fourth-order valence-electron chi connectivity index (χ4n) is 4.79. The van der Waals surface area contributed by atoms with Crippen molar-refractivity contribution in [2.45, 2.75) is 38.5 Å². The lowest BCUT2D eigenvalue weighted by molar-refractivity contribution is -0.125. The molecule has 0 spiro atoms. The molecular formula is C19H28N2O2S. The maximum absolute atomic E-state index is 11.3. The predicted molar refractivity (Wildman–Crippen MR) is 99.8 cm³/mol. The molecule has 0 aliphatic heterocycles. The van der Waals surface area contributed by atoms with Gasteiger partial charge in [-0.1, -0.05) is 20.8 Å².